The molecular weight excluding hydrogens is 943 g/mol. The molecule has 2 atom stereocenters. The first-order chi connectivity index (χ1) is 28.4. The number of hydrogen-bond donors (Lipinski definition) is 3. The maximum absolute atomic E-state index is 13.2. The molecule has 0 radical (unpaired) electrons. The van der Waals surface area contributed by atoms with Crippen molar-refractivity contribution in [1.29, 1.82) is 0 Å². The van der Waals surface area contributed by atoms with Gasteiger partial charge >= 0.3 is 103 Å². The maximum atomic E-state index is 13.2. The van der Waals surface area contributed by atoms with Gasteiger partial charge in [0.1, 0.15) is 12.1 Å². The molecule has 2 unspecified atom stereocenters. The third-order valence-corrected chi connectivity index (χ3v) is 11.8. The minimum absolute atomic E-state index is 0. The smallest absolute Gasteiger partial charge is 1.00 e. The van der Waals surface area contributed by atoms with Crippen molar-refractivity contribution in [3.05, 3.63) is 92.3 Å². The summed E-state index contributed by atoms with van der Waals surface area (Å²) >= 11 is 6.66. The molecule has 4 aliphatic rings. The summed E-state index contributed by atoms with van der Waals surface area (Å²) in [5.41, 5.74) is 7.34. The number of carbonyl (C=O) groups excluding carboxylic acids is 7. The van der Waals surface area contributed by atoms with Gasteiger partial charge in [-0.15, -0.1) is 0 Å². The topological polar surface area (TPSA) is 198 Å². The number of nitrogens with one attached hydrogen (secondary N) is 3. The van der Waals surface area contributed by atoms with Crippen LogP contribution in [0, 0.1) is 0 Å². The molecule has 0 aliphatic carbocycles. The number of hydrogen-bond acceptors (Lipinski definition) is 11. The summed E-state index contributed by atoms with van der Waals surface area (Å²) in [6.07, 6.45) is 3.63. The van der Waals surface area contributed by atoms with Gasteiger partial charge in [0.15, 0.2) is 0 Å². The summed E-state index contributed by atoms with van der Waals surface area (Å²) < 4.78 is 0. The number of thiophene rings is 2. The number of rotatable bonds is 8. The molecular formula is C41H45BrK2N6O9S2. The van der Waals surface area contributed by atoms with E-state index in [0.29, 0.717) is 51.0 Å². The van der Waals surface area contributed by atoms with Crippen molar-refractivity contribution in [1.82, 2.24) is 10.6 Å². The molecule has 4 aromatic rings. The van der Waals surface area contributed by atoms with Crippen molar-refractivity contribution in [2.45, 2.75) is 76.3 Å². The van der Waals surface area contributed by atoms with Crippen LogP contribution in [0.3, 0.4) is 0 Å². The van der Waals surface area contributed by atoms with Crippen LogP contribution in [0.1, 0.15) is 63.2 Å². The van der Waals surface area contributed by atoms with Crippen LogP contribution in [0.2, 0.25) is 0 Å². The number of nitrogens with zero attached hydrogens (tertiary/aromatic N) is 3. The molecule has 61 heavy (non-hydrogen) atoms. The zero-order chi connectivity index (χ0) is 42.5. The third kappa shape index (κ3) is 14.7. The maximum Gasteiger partial charge on any atom is 1.00 e. The first-order valence-electron chi connectivity index (χ1n) is 18.8. The van der Waals surface area contributed by atoms with Crippen molar-refractivity contribution >= 4 is 103 Å². The van der Waals surface area contributed by atoms with Crippen LogP contribution >= 0.6 is 38.6 Å². The first kappa shape index (κ1) is 53.2. The van der Waals surface area contributed by atoms with E-state index in [2.05, 4.69) is 53.6 Å². The fourth-order valence-corrected chi connectivity index (χ4v) is 9.03. The Labute approximate surface area is 457 Å². The first-order valence-corrected chi connectivity index (χ1v) is 21.8. The van der Waals surface area contributed by atoms with Gasteiger partial charge in [0.05, 0.1) is 29.3 Å². The molecule has 6 amide bonds. The number of amides is 6. The van der Waals surface area contributed by atoms with E-state index in [-0.39, 0.29) is 146 Å². The molecule has 15 nitrogen and oxygen atoms in total. The molecule has 0 bridgehead atoms. The van der Waals surface area contributed by atoms with Gasteiger partial charge in [-0.3, -0.25) is 33.6 Å². The SMILES string of the molecule is BrCc1ccsc1.CC(=O)NC1Cc2cccc(N3CCCC3=O)c2N(Cc2ccsc2)C1=O.CC(=O)NC1Cc2cccc(N3CCCC3=O)c2NC1=O.O=CO[O-].[H-].[K+].[K+]. The fourth-order valence-electron chi connectivity index (χ4n) is 7.14. The Balaban J connectivity index is 0.000000335. The van der Waals surface area contributed by atoms with Crippen molar-refractivity contribution < 1.29 is 148 Å². The molecule has 314 valence electrons. The third-order valence-electron chi connectivity index (χ3n) is 9.65. The second-order valence-corrected chi connectivity index (χ2v) is 15.9. The van der Waals surface area contributed by atoms with Crippen LogP contribution < -0.4 is 139 Å². The average Bonchev–Trinajstić information content (AvgIpc) is 4.07. The summed E-state index contributed by atoms with van der Waals surface area (Å²) in [5, 5.41) is 25.9. The van der Waals surface area contributed by atoms with Crippen LogP contribution in [-0.4, -0.2) is 67.1 Å². The molecule has 4 aliphatic heterocycles. The van der Waals surface area contributed by atoms with Gasteiger partial charge in [-0.1, -0.05) is 40.2 Å². The summed E-state index contributed by atoms with van der Waals surface area (Å²) in [5.74, 6) is -0.653. The van der Waals surface area contributed by atoms with Gasteiger partial charge < -0.3 is 42.2 Å². The summed E-state index contributed by atoms with van der Waals surface area (Å²) in [6, 6.07) is 14.4. The van der Waals surface area contributed by atoms with Crippen LogP contribution in [0.4, 0.5) is 22.7 Å². The number of para-hydroxylation sites is 2. The molecule has 2 aromatic carbocycles. The number of alkyl halides is 1. The summed E-state index contributed by atoms with van der Waals surface area (Å²) in [6.45, 7) is 4.41. The summed E-state index contributed by atoms with van der Waals surface area (Å²) in [4.78, 5) is 88.8. The minimum Gasteiger partial charge on any atom is -1.00 e. The Hall–Kier alpha value is -2.16. The van der Waals surface area contributed by atoms with E-state index in [4.69, 9.17) is 10.1 Å². The summed E-state index contributed by atoms with van der Waals surface area (Å²) in [7, 11) is 0. The number of benzene rings is 2. The molecule has 0 saturated carbocycles. The van der Waals surface area contributed by atoms with Crippen molar-refractivity contribution in [2.75, 3.05) is 33.1 Å². The predicted octanol–water partition coefficient (Wildman–Crippen LogP) is -1.52. The van der Waals surface area contributed by atoms with Gasteiger partial charge in [0.2, 0.25) is 35.4 Å². The van der Waals surface area contributed by atoms with Crippen LogP contribution in [0.25, 0.3) is 0 Å². The molecule has 2 fully saturated rings. The monoisotopic (exact) mass is 986 g/mol. The van der Waals surface area contributed by atoms with Gasteiger partial charge in [0, 0.05) is 58.0 Å². The Morgan fingerprint density at radius 3 is 1.85 bits per heavy atom. The molecule has 0 spiro atoms. The molecule has 6 heterocycles. The Morgan fingerprint density at radius 2 is 1.36 bits per heavy atom. The number of anilines is 4. The van der Waals surface area contributed by atoms with E-state index in [9.17, 15) is 28.8 Å². The van der Waals surface area contributed by atoms with Gasteiger partial charge in [-0.2, -0.15) is 22.7 Å². The van der Waals surface area contributed by atoms with E-state index in [1.54, 1.807) is 37.4 Å². The van der Waals surface area contributed by atoms with E-state index in [1.807, 2.05) is 53.2 Å². The van der Waals surface area contributed by atoms with E-state index in [0.717, 1.165) is 51.9 Å². The van der Waals surface area contributed by atoms with Crippen molar-refractivity contribution in [2.24, 2.45) is 0 Å². The number of halogens is 1. The minimum atomic E-state index is -0.585. The van der Waals surface area contributed by atoms with Gasteiger partial charge in [-0.25, -0.2) is 0 Å². The average molecular weight is 988 g/mol. The van der Waals surface area contributed by atoms with Crippen LogP contribution in [0.5, 0.6) is 0 Å². The Morgan fingerprint density at radius 1 is 0.836 bits per heavy atom. The molecule has 2 saturated heterocycles. The van der Waals surface area contributed by atoms with E-state index in [1.165, 1.54) is 19.4 Å². The second-order valence-electron chi connectivity index (χ2n) is 13.8. The normalized spacial score (nSPS) is 17.2. The molecule has 8 rings (SSSR count). The Kier molecular flexibility index (Phi) is 23.2. The van der Waals surface area contributed by atoms with Crippen molar-refractivity contribution in [3.8, 4) is 0 Å². The van der Waals surface area contributed by atoms with Gasteiger partial charge in [-0.05, 0) is 80.9 Å². The molecule has 3 N–H and O–H groups in total. The zero-order valence-electron chi connectivity index (χ0n) is 35.4. The number of fused-ring (bicyclic) bond motifs is 2. The van der Waals surface area contributed by atoms with E-state index >= 15 is 0 Å². The predicted molar refractivity (Wildman–Crippen MR) is 228 cm³/mol. The van der Waals surface area contributed by atoms with Crippen LogP contribution in [-0.2, 0) is 63.2 Å². The standard InChI is InChI=1S/C20H21N3O3S.C15H17N3O3.C5H5BrS.CH2O3.2K.H/c1-13(24)21-16-10-15-4-2-5-17(22-8-3-6-18(22)25)19(15)23(20(16)26)11-14-7-9-27-12-14;1-9(19)16-11-8-10-4-2-5-12(14(10)17-15(11)21)18-7-3-6-13(18)20;6-3-5-1-2-7-4-5;2-1-4-3;;;/h2,4-5,7,9,12,16H,3,6,8,10-11H2,1H3,(H,21,24);2,4-5,11H,3,6-8H2,1H3,(H,16,19)(H,17,21);1-2,4H,3H2;1,3H;;;/q;;;;2*+1;-1/p-1. The molecule has 20 heteroatoms. The molecule has 2 aromatic heterocycles. The fraction of sp³-hybridized carbons (Fsp3) is 0.341. The number of carbonyl (C=O) groups is 7. The van der Waals surface area contributed by atoms with E-state index < -0.39 is 12.1 Å². The van der Waals surface area contributed by atoms with Crippen LogP contribution in [0.15, 0.2) is 70.1 Å². The van der Waals surface area contributed by atoms with Crippen molar-refractivity contribution in [3.63, 3.8) is 0 Å². The largest absolute Gasteiger partial charge is 1.00 e. The second kappa shape index (κ2) is 26.6. The Bertz CT molecular complexity index is 2150. The quantitative estimate of drug-likeness (QED) is 0.0618. The van der Waals surface area contributed by atoms with Gasteiger partial charge in [0.25, 0.3) is 6.47 Å². The zero-order valence-corrected chi connectivity index (χ0v) is 43.9.